The van der Waals surface area contributed by atoms with Crippen molar-refractivity contribution in [2.75, 3.05) is 11.8 Å². The average Bonchev–Trinajstić information content (AvgIpc) is 3.66. The molecule has 3 aromatic carbocycles. The van der Waals surface area contributed by atoms with Crippen LogP contribution >= 0.6 is 0 Å². The lowest BCUT2D eigenvalue weighted by Gasteiger charge is -2.18. The molecule has 0 saturated heterocycles. The van der Waals surface area contributed by atoms with Crippen molar-refractivity contribution >= 4 is 38.5 Å². The highest BCUT2D eigenvalue weighted by Crippen LogP contribution is 2.23. The molecular weight excluding hydrogens is 690 g/mol. The van der Waals surface area contributed by atoms with Crippen LogP contribution in [0.4, 0.5) is 14.5 Å². The summed E-state index contributed by atoms with van der Waals surface area (Å²) in [6.07, 6.45) is 5.52. The number of esters is 1. The van der Waals surface area contributed by atoms with E-state index < -0.39 is 62.1 Å². The molecule has 0 radical (unpaired) electrons. The molecule has 0 spiro atoms. The number of ether oxygens (including phenoxy) is 1. The van der Waals surface area contributed by atoms with E-state index >= 15 is 8.78 Å². The zero-order chi connectivity index (χ0) is 36.4. The largest absolute Gasteiger partial charge is 0.467 e. The molecule has 6 aromatic rings. The SMILES string of the molecule is COC(=O)[C@H](Cc1ccc(-n2c(=O)c3ccncc3n(C)c2=O)cc1)NC(=O)c1c(F)cc(NS(=O)(=O)c2ccc(-n3nccn3)cc2)cc1F. The minimum Gasteiger partial charge on any atom is -0.467 e. The first-order chi connectivity index (χ1) is 24.4. The van der Waals surface area contributed by atoms with Crippen molar-refractivity contribution in [1.82, 2.24) is 34.4 Å². The number of amides is 1. The molecular formula is C33H26F2N8O7S. The van der Waals surface area contributed by atoms with Crippen molar-refractivity contribution in [2.45, 2.75) is 17.4 Å². The van der Waals surface area contributed by atoms with Gasteiger partial charge in [0.15, 0.2) is 0 Å². The summed E-state index contributed by atoms with van der Waals surface area (Å²) < 4.78 is 65.3. The van der Waals surface area contributed by atoms with Gasteiger partial charge < -0.3 is 10.1 Å². The van der Waals surface area contributed by atoms with Crippen molar-refractivity contribution in [1.29, 1.82) is 0 Å². The molecule has 1 atom stereocenters. The second-order valence-corrected chi connectivity index (χ2v) is 12.7. The number of aryl methyl sites for hydroxylation is 1. The van der Waals surface area contributed by atoms with Gasteiger partial charge in [-0.3, -0.25) is 23.9 Å². The summed E-state index contributed by atoms with van der Waals surface area (Å²) in [7, 11) is -1.75. The van der Waals surface area contributed by atoms with Crippen LogP contribution in [-0.2, 0) is 33.0 Å². The van der Waals surface area contributed by atoms with Crippen LogP contribution in [-0.4, -0.2) is 62.6 Å². The molecule has 0 fully saturated rings. The zero-order valence-electron chi connectivity index (χ0n) is 26.6. The maximum atomic E-state index is 15.2. The number of hydrogen-bond donors (Lipinski definition) is 2. The number of aromatic nitrogens is 6. The molecule has 6 rings (SSSR count). The Bertz CT molecular complexity index is 2500. The Morgan fingerprint density at radius 1 is 0.902 bits per heavy atom. The second kappa shape index (κ2) is 13.7. The predicted octanol–water partition coefficient (Wildman–Crippen LogP) is 2.26. The molecule has 0 saturated carbocycles. The van der Waals surface area contributed by atoms with E-state index in [0.29, 0.717) is 28.9 Å². The number of methoxy groups -OCH3 is 1. The quantitative estimate of drug-likeness (QED) is 0.199. The molecule has 2 N–H and O–H groups in total. The monoisotopic (exact) mass is 716 g/mol. The van der Waals surface area contributed by atoms with E-state index in [1.54, 1.807) is 0 Å². The normalized spacial score (nSPS) is 12.0. The topological polar surface area (TPSA) is 189 Å². The molecule has 51 heavy (non-hydrogen) atoms. The van der Waals surface area contributed by atoms with Gasteiger partial charge in [-0.2, -0.15) is 15.0 Å². The molecule has 0 aliphatic carbocycles. The Balaban J connectivity index is 1.19. The number of nitrogens with one attached hydrogen (secondary N) is 2. The molecule has 260 valence electrons. The Hall–Kier alpha value is -6.56. The number of anilines is 1. The van der Waals surface area contributed by atoms with Gasteiger partial charge in [-0.25, -0.2) is 31.4 Å². The predicted molar refractivity (Wildman–Crippen MR) is 178 cm³/mol. The fourth-order valence-corrected chi connectivity index (χ4v) is 6.32. The van der Waals surface area contributed by atoms with E-state index in [2.05, 4.69) is 25.2 Å². The smallest absolute Gasteiger partial charge is 0.335 e. The Morgan fingerprint density at radius 3 is 2.16 bits per heavy atom. The maximum Gasteiger partial charge on any atom is 0.335 e. The van der Waals surface area contributed by atoms with Gasteiger partial charge in [0, 0.05) is 19.7 Å². The third kappa shape index (κ3) is 6.84. The highest BCUT2D eigenvalue weighted by Gasteiger charge is 2.27. The standard InChI is InChI=1S/C33H26F2N8O7S/c1-41-28-18-36-12-11-24(28)31(45)42(33(41)47)21-5-3-19(4-6-21)15-27(32(46)50-2)39-30(44)29-25(34)16-20(17-26(29)35)40-51(48,49)23-9-7-22(8-10-23)43-37-13-14-38-43/h3-14,16-18,27,40H,15H2,1-2H3,(H,39,44)/t27-/m0/s1. The van der Waals surface area contributed by atoms with Gasteiger partial charge >= 0.3 is 11.7 Å². The maximum absolute atomic E-state index is 15.2. The van der Waals surface area contributed by atoms with Gasteiger partial charge in [-0.15, -0.1) is 0 Å². The van der Waals surface area contributed by atoms with Crippen LogP contribution in [0.5, 0.6) is 0 Å². The fourth-order valence-electron chi connectivity index (χ4n) is 5.28. The Kier molecular flexibility index (Phi) is 9.25. The third-order valence-electron chi connectivity index (χ3n) is 7.82. The zero-order valence-corrected chi connectivity index (χ0v) is 27.5. The summed E-state index contributed by atoms with van der Waals surface area (Å²) in [4.78, 5) is 56.8. The number of carbonyl (C=O) groups is 2. The average molecular weight is 717 g/mol. The molecule has 15 nitrogen and oxygen atoms in total. The summed E-state index contributed by atoms with van der Waals surface area (Å²) in [5, 5.41) is 10.4. The Labute approximate surface area is 286 Å². The summed E-state index contributed by atoms with van der Waals surface area (Å²) >= 11 is 0. The highest BCUT2D eigenvalue weighted by atomic mass is 32.2. The van der Waals surface area contributed by atoms with Crippen LogP contribution in [0.2, 0.25) is 0 Å². The summed E-state index contributed by atoms with van der Waals surface area (Å²) in [5.41, 5.74) is -1.27. The molecule has 0 aliphatic heterocycles. The number of benzene rings is 3. The number of halogens is 2. The number of pyridine rings is 1. The third-order valence-corrected chi connectivity index (χ3v) is 9.21. The lowest BCUT2D eigenvalue weighted by atomic mass is 10.0. The lowest BCUT2D eigenvalue weighted by molar-refractivity contribution is -0.142. The first-order valence-corrected chi connectivity index (χ1v) is 16.4. The second-order valence-electron chi connectivity index (χ2n) is 11.0. The van der Waals surface area contributed by atoms with Crippen molar-refractivity contribution in [3.8, 4) is 11.4 Å². The van der Waals surface area contributed by atoms with Gasteiger partial charge in [-0.05, 0) is 60.2 Å². The van der Waals surface area contributed by atoms with Crippen molar-refractivity contribution in [2.24, 2.45) is 7.05 Å². The summed E-state index contributed by atoms with van der Waals surface area (Å²) in [5.74, 6) is -5.05. The van der Waals surface area contributed by atoms with Gasteiger partial charge in [0.25, 0.3) is 21.5 Å². The Morgan fingerprint density at radius 2 is 1.53 bits per heavy atom. The summed E-state index contributed by atoms with van der Waals surface area (Å²) in [6, 6.07) is 12.6. The van der Waals surface area contributed by atoms with Crippen LogP contribution in [0.15, 0.2) is 106 Å². The van der Waals surface area contributed by atoms with Gasteiger partial charge in [0.05, 0.1) is 58.6 Å². The molecule has 3 aromatic heterocycles. The fraction of sp³-hybridized carbons (Fsp3) is 0.121. The van der Waals surface area contributed by atoms with Crippen LogP contribution in [0.1, 0.15) is 15.9 Å². The van der Waals surface area contributed by atoms with Crippen LogP contribution < -0.4 is 21.3 Å². The van der Waals surface area contributed by atoms with E-state index in [1.165, 1.54) is 95.8 Å². The number of fused-ring (bicyclic) bond motifs is 1. The lowest BCUT2D eigenvalue weighted by Crippen LogP contribution is -2.43. The molecule has 0 aliphatic rings. The number of carbonyl (C=O) groups excluding carboxylic acids is 2. The molecule has 1 amide bonds. The van der Waals surface area contributed by atoms with E-state index in [0.717, 1.165) is 11.7 Å². The van der Waals surface area contributed by atoms with Crippen LogP contribution in [0, 0.1) is 11.6 Å². The first-order valence-electron chi connectivity index (χ1n) is 14.9. The minimum absolute atomic E-state index is 0.203. The van der Waals surface area contributed by atoms with Crippen molar-refractivity contribution in [3.05, 3.63) is 135 Å². The van der Waals surface area contributed by atoms with Crippen molar-refractivity contribution < 1.29 is 31.5 Å². The first kappa shape index (κ1) is 34.3. The van der Waals surface area contributed by atoms with Crippen LogP contribution in [0.3, 0.4) is 0 Å². The van der Waals surface area contributed by atoms with Gasteiger partial charge in [0.1, 0.15) is 23.2 Å². The number of hydrogen-bond acceptors (Lipinski definition) is 10. The summed E-state index contributed by atoms with van der Waals surface area (Å²) in [6.45, 7) is 0. The molecule has 18 heteroatoms. The molecule has 3 heterocycles. The van der Waals surface area contributed by atoms with Gasteiger partial charge in [-0.1, -0.05) is 12.1 Å². The number of nitrogens with zero attached hydrogens (tertiary/aromatic N) is 6. The van der Waals surface area contributed by atoms with Crippen LogP contribution in [0.25, 0.3) is 22.3 Å². The highest BCUT2D eigenvalue weighted by molar-refractivity contribution is 7.92. The minimum atomic E-state index is -4.31. The van der Waals surface area contributed by atoms with E-state index in [9.17, 15) is 27.6 Å². The van der Waals surface area contributed by atoms with Gasteiger partial charge in [0.2, 0.25) is 0 Å². The number of sulfonamides is 1. The van der Waals surface area contributed by atoms with Crippen molar-refractivity contribution in [3.63, 3.8) is 0 Å². The van der Waals surface area contributed by atoms with E-state index in [4.69, 9.17) is 4.74 Å². The molecule has 0 unspecified atom stereocenters. The van der Waals surface area contributed by atoms with E-state index in [1.807, 2.05) is 0 Å². The molecule has 0 bridgehead atoms. The van der Waals surface area contributed by atoms with E-state index in [-0.39, 0.29) is 22.4 Å². The number of rotatable bonds is 10.